The van der Waals surface area contributed by atoms with Crippen LogP contribution in [-0.2, 0) is 6.54 Å². The largest absolute Gasteiger partial charge is 0.312 e. The molecule has 1 N–H and O–H groups in total. The molecule has 0 radical (unpaired) electrons. The molecule has 0 spiro atoms. The van der Waals surface area contributed by atoms with E-state index in [1.165, 1.54) is 37.8 Å². The summed E-state index contributed by atoms with van der Waals surface area (Å²) < 4.78 is 13.0. The van der Waals surface area contributed by atoms with Crippen LogP contribution in [0.25, 0.3) is 0 Å². The zero-order valence-corrected chi connectivity index (χ0v) is 10.1. The summed E-state index contributed by atoms with van der Waals surface area (Å²) in [7, 11) is 0. The standard InChI is InChI=1S/C13H17ClFN/c14-13-6-5-12(15)7-11(13)9-16-8-10-3-1-2-4-10/h5-7,10,16H,1-4,8-9H2. The Morgan fingerprint density at radius 3 is 2.81 bits per heavy atom. The summed E-state index contributed by atoms with van der Waals surface area (Å²) in [5.74, 6) is 0.578. The van der Waals surface area contributed by atoms with Crippen molar-refractivity contribution in [2.24, 2.45) is 5.92 Å². The Bertz CT molecular complexity index is 348. The van der Waals surface area contributed by atoms with Gasteiger partial charge in [-0.2, -0.15) is 0 Å². The molecule has 1 aromatic rings. The minimum absolute atomic E-state index is 0.220. The molecule has 1 nitrogen and oxygen atoms in total. The van der Waals surface area contributed by atoms with Gasteiger partial charge in [0, 0.05) is 11.6 Å². The van der Waals surface area contributed by atoms with Crippen molar-refractivity contribution in [2.75, 3.05) is 6.54 Å². The van der Waals surface area contributed by atoms with Crippen LogP contribution < -0.4 is 5.32 Å². The lowest BCUT2D eigenvalue weighted by atomic mass is 10.1. The lowest BCUT2D eigenvalue weighted by Crippen LogP contribution is -2.20. The molecule has 1 aliphatic rings. The summed E-state index contributed by atoms with van der Waals surface area (Å²) in [5.41, 5.74) is 0.847. The fraction of sp³-hybridized carbons (Fsp3) is 0.538. The van der Waals surface area contributed by atoms with E-state index in [0.29, 0.717) is 11.6 Å². The van der Waals surface area contributed by atoms with Crippen molar-refractivity contribution in [1.29, 1.82) is 0 Å². The lowest BCUT2D eigenvalue weighted by molar-refractivity contribution is 0.488. The van der Waals surface area contributed by atoms with Gasteiger partial charge in [-0.1, -0.05) is 24.4 Å². The van der Waals surface area contributed by atoms with E-state index in [-0.39, 0.29) is 5.82 Å². The Morgan fingerprint density at radius 2 is 2.06 bits per heavy atom. The van der Waals surface area contributed by atoms with Gasteiger partial charge in [-0.3, -0.25) is 0 Å². The van der Waals surface area contributed by atoms with Crippen LogP contribution in [0.15, 0.2) is 18.2 Å². The number of benzene rings is 1. The van der Waals surface area contributed by atoms with Crippen molar-refractivity contribution in [3.05, 3.63) is 34.6 Å². The Balaban J connectivity index is 1.82. The second-order valence-corrected chi connectivity index (χ2v) is 4.92. The van der Waals surface area contributed by atoms with Crippen LogP contribution in [0, 0.1) is 11.7 Å². The molecule has 0 aliphatic heterocycles. The normalized spacial score (nSPS) is 16.9. The lowest BCUT2D eigenvalue weighted by Gasteiger charge is -2.11. The van der Waals surface area contributed by atoms with Crippen molar-refractivity contribution in [3.63, 3.8) is 0 Å². The predicted molar refractivity (Wildman–Crippen MR) is 65.1 cm³/mol. The second-order valence-electron chi connectivity index (χ2n) is 4.52. The molecular formula is C13H17ClFN. The zero-order valence-electron chi connectivity index (χ0n) is 9.31. The second kappa shape index (κ2) is 5.65. The Morgan fingerprint density at radius 1 is 1.31 bits per heavy atom. The maximum absolute atomic E-state index is 13.0. The first kappa shape index (κ1) is 11.9. The average Bonchev–Trinajstić information content (AvgIpc) is 2.76. The van der Waals surface area contributed by atoms with Crippen LogP contribution in [0.2, 0.25) is 5.02 Å². The van der Waals surface area contributed by atoms with Crippen molar-refractivity contribution < 1.29 is 4.39 Å². The first-order chi connectivity index (χ1) is 7.75. The molecule has 1 aromatic carbocycles. The highest BCUT2D eigenvalue weighted by atomic mass is 35.5. The fourth-order valence-electron chi connectivity index (χ4n) is 2.30. The van der Waals surface area contributed by atoms with E-state index < -0.39 is 0 Å². The summed E-state index contributed by atoms with van der Waals surface area (Å²) in [4.78, 5) is 0. The van der Waals surface area contributed by atoms with Crippen molar-refractivity contribution in [3.8, 4) is 0 Å². The monoisotopic (exact) mass is 241 g/mol. The van der Waals surface area contributed by atoms with Gasteiger partial charge in [0.15, 0.2) is 0 Å². The van der Waals surface area contributed by atoms with Gasteiger partial charge < -0.3 is 5.32 Å². The Labute approximate surface area is 101 Å². The Hall–Kier alpha value is -0.600. The highest BCUT2D eigenvalue weighted by Gasteiger charge is 2.14. The molecule has 16 heavy (non-hydrogen) atoms. The van der Waals surface area contributed by atoms with Crippen molar-refractivity contribution in [1.82, 2.24) is 5.32 Å². The van der Waals surface area contributed by atoms with Gasteiger partial charge in [0.05, 0.1) is 0 Å². The first-order valence-electron chi connectivity index (χ1n) is 5.90. The van der Waals surface area contributed by atoms with E-state index in [4.69, 9.17) is 11.6 Å². The van der Waals surface area contributed by atoms with Crippen molar-refractivity contribution >= 4 is 11.6 Å². The third-order valence-corrected chi connectivity index (χ3v) is 3.60. The molecule has 0 saturated heterocycles. The van der Waals surface area contributed by atoms with E-state index in [0.717, 1.165) is 18.0 Å². The molecule has 3 heteroatoms. The molecule has 1 fully saturated rings. The highest BCUT2D eigenvalue weighted by Crippen LogP contribution is 2.24. The van der Waals surface area contributed by atoms with Gasteiger partial charge in [-0.05, 0) is 49.1 Å². The van der Waals surface area contributed by atoms with Gasteiger partial charge in [0.1, 0.15) is 5.82 Å². The van der Waals surface area contributed by atoms with E-state index in [9.17, 15) is 4.39 Å². The number of nitrogens with one attached hydrogen (secondary N) is 1. The average molecular weight is 242 g/mol. The van der Waals surface area contributed by atoms with Gasteiger partial charge in [-0.15, -0.1) is 0 Å². The zero-order chi connectivity index (χ0) is 11.4. The summed E-state index contributed by atoms with van der Waals surface area (Å²) in [6, 6.07) is 4.51. The smallest absolute Gasteiger partial charge is 0.123 e. The fourth-order valence-corrected chi connectivity index (χ4v) is 2.49. The summed E-state index contributed by atoms with van der Waals surface area (Å²) in [6.07, 6.45) is 5.36. The topological polar surface area (TPSA) is 12.0 Å². The van der Waals surface area contributed by atoms with Gasteiger partial charge in [0.25, 0.3) is 0 Å². The quantitative estimate of drug-likeness (QED) is 0.847. The number of halogens is 2. The Kier molecular flexibility index (Phi) is 4.19. The molecule has 0 bridgehead atoms. The third kappa shape index (κ3) is 3.19. The molecular weight excluding hydrogens is 225 g/mol. The molecule has 0 aromatic heterocycles. The van der Waals surface area contributed by atoms with Crippen molar-refractivity contribution in [2.45, 2.75) is 32.2 Å². The molecule has 1 aliphatic carbocycles. The van der Waals surface area contributed by atoms with E-state index >= 15 is 0 Å². The van der Waals surface area contributed by atoms with Gasteiger partial charge >= 0.3 is 0 Å². The highest BCUT2D eigenvalue weighted by molar-refractivity contribution is 6.31. The van der Waals surface area contributed by atoms with Gasteiger partial charge in [0.2, 0.25) is 0 Å². The minimum Gasteiger partial charge on any atom is -0.312 e. The molecule has 1 saturated carbocycles. The van der Waals surface area contributed by atoms with Crippen LogP contribution in [-0.4, -0.2) is 6.54 Å². The van der Waals surface area contributed by atoms with Crippen LogP contribution in [0.1, 0.15) is 31.2 Å². The van der Waals surface area contributed by atoms with Crippen LogP contribution in [0.5, 0.6) is 0 Å². The van der Waals surface area contributed by atoms with Crippen LogP contribution in [0.3, 0.4) is 0 Å². The summed E-state index contributed by atoms with van der Waals surface area (Å²) in [5, 5.41) is 4.00. The number of hydrogen-bond acceptors (Lipinski definition) is 1. The molecule has 88 valence electrons. The molecule has 0 unspecified atom stereocenters. The van der Waals surface area contributed by atoms with E-state index in [1.807, 2.05) is 0 Å². The number of rotatable bonds is 4. The third-order valence-electron chi connectivity index (χ3n) is 3.23. The van der Waals surface area contributed by atoms with Gasteiger partial charge in [-0.25, -0.2) is 4.39 Å². The van der Waals surface area contributed by atoms with E-state index in [1.54, 1.807) is 6.07 Å². The maximum atomic E-state index is 13.0. The minimum atomic E-state index is -0.220. The SMILES string of the molecule is Fc1ccc(Cl)c(CNCC2CCCC2)c1. The number of hydrogen-bond donors (Lipinski definition) is 1. The molecule has 0 amide bonds. The molecule has 0 heterocycles. The molecule has 2 rings (SSSR count). The maximum Gasteiger partial charge on any atom is 0.123 e. The van der Waals surface area contributed by atoms with Crippen LogP contribution in [0.4, 0.5) is 4.39 Å². The van der Waals surface area contributed by atoms with Crippen LogP contribution >= 0.6 is 11.6 Å². The predicted octanol–water partition coefficient (Wildman–Crippen LogP) is 3.76. The summed E-state index contributed by atoms with van der Waals surface area (Å²) >= 11 is 5.98. The first-order valence-corrected chi connectivity index (χ1v) is 6.28. The van der Waals surface area contributed by atoms with E-state index in [2.05, 4.69) is 5.32 Å². The molecule has 0 atom stereocenters. The summed E-state index contributed by atoms with van der Waals surface area (Å²) in [6.45, 7) is 1.68.